The summed E-state index contributed by atoms with van der Waals surface area (Å²) in [6.45, 7) is 15.6. The molecule has 0 aromatic rings. The fourth-order valence-corrected chi connectivity index (χ4v) is 5.64. The molecule has 0 aliphatic carbocycles. The lowest BCUT2D eigenvalue weighted by Crippen LogP contribution is -2.58. The van der Waals surface area contributed by atoms with Gasteiger partial charge in [-0.2, -0.15) is 0 Å². The van der Waals surface area contributed by atoms with E-state index in [-0.39, 0.29) is 47.7 Å². The number of nitrogens with zero attached hydrogens (tertiary/aromatic N) is 3. The van der Waals surface area contributed by atoms with E-state index in [9.17, 15) is 24.3 Å². The lowest BCUT2D eigenvalue weighted by molar-refractivity contribution is -0.145. The summed E-state index contributed by atoms with van der Waals surface area (Å²) >= 11 is 0. The number of amides is 3. The van der Waals surface area contributed by atoms with Gasteiger partial charge in [0.05, 0.1) is 18.0 Å². The maximum atomic E-state index is 13.7. The van der Waals surface area contributed by atoms with E-state index in [0.717, 1.165) is 25.8 Å². The maximum absolute atomic E-state index is 13.7. The van der Waals surface area contributed by atoms with Crippen LogP contribution in [-0.4, -0.2) is 94.3 Å². The summed E-state index contributed by atoms with van der Waals surface area (Å²) in [5, 5.41) is 12.3. The fourth-order valence-electron chi connectivity index (χ4n) is 5.64. The van der Waals surface area contributed by atoms with Crippen molar-refractivity contribution in [3.63, 3.8) is 0 Å². The van der Waals surface area contributed by atoms with E-state index in [0.29, 0.717) is 31.5 Å². The second-order valence-electron chi connectivity index (χ2n) is 12.0. The molecule has 9 nitrogen and oxygen atoms in total. The molecule has 0 spiro atoms. The number of carboxylic acids is 1. The van der Waals surface area contributed by atoms with Crippen LogP contribution in [-0.2, 0) is 19.2 Å². The first-order valence-electron chi connectivity index (χ1n) is 14.3. The van der Waals surface area contributed by atoms with E-state index in [2.05, 4.69) is 24.1 Å². The van der Waals surface area contributed by atoms with Crippen molar-refractivity contribution in [2.75, 3.05) is 26.7 Å². The topological polar surface area (TPSA) is 110 Å². The molecule has 0 bridgehead atoms. The van der Waals surface area contributed by atoms with Crippen LogP contribution >= 0.6 is 0 Å². The molecule has 2 aliphatic heterocycles. The molecule has 2 N–H and O–H groups in total. The van der Waals surface area contributed by atoms with Crippen molar-refractivity contribution < 1.29 is 24.3 Å². The van der Waals surface area contributed by atoms with Crippen LogP contribution in [0.3, 0.4) is 0 Å². The minimum atomic E-state index is -0.809. The zero-order valence-corrected chi connectivity index (χ0v) is 24.7. The molecular weight excluding hydrogens is 484 g/mol. The molecule has 2 rings (SSSR count). The predicted octanol–water partition coefficient (Wildman–Crippen LogP) is 3.14. The highest BCUT2D eigenvalue weighted by molar-refractivity contribution is 5.93. The zero-order chi connectivity index (χ0) is 28.7. The summed E-state index contributed by atoms with van der Waals surface area (Å²) in [5.74, 6) is -1.65. The van der Waals surface area contributed by atoms with Gasteiger partial charge < -0.3 is 20.2 Å². The molecular formula is C29H50N4O5. The van der Waals surface area contributed by atoms with Crippen molar-refractivity contribution in [1.29, 1.82) is 0 Å². The van der Waals surface area contributed by atoms with Gasteiger partial charge in [0, 0.05) is 31.8 Å². The van der Waals surface area contributed by atoms with Crippen LogP contribution in [0.1, 0.15) is 80.6 Å². The highest BCUT2D eigenvalue weighted by atomic mass is 16.4. The second kappa shape index (κ2) is 14.1. The Hall–Kier alpha value is -2.42. The SMILES string of the molecule is C/C(=C\[C@H](C(C)C)N(C)C(=O)[C@@H](NC(=O)[C@H]1CCCCN1C(C)C)C(C)C)C(=O)N1CCC(C(=O)O)CC1. The van der Waals surface area contributed by atoms with Gasteiger partial charge >= 0.3 is 5.97 Å². The first-order chi connectivity index (χ1) is 17.8. The largest absolute Gasteiger partial charge is 0.481 e. The van der Waals surface area contributed by atoms with Crippen molar-refractivity contribution in [1.82, 2.24) is 20.0 Å². The molecule has 216 valence electrons. The first kappa shape index (κ1) is 31.8. The summed E-state index contributed by atoms with van der Waals surface area (Å²) < 4.78 is 0. The molecule has 0 saturated carbocycles. The number of nitrogens with one attached hydrogen (secondary N) is 1. The summed E-state index contributed by atoms with van der Waals surface area (Å²) in [4.78, 5) is 57.0. The minimum Gasteiger partial charge on any atom is -0.481 e. The third kappa shape index (κ3) is 8.04. The van der Waals surface area contributed by atoms with Gasteiger partial charge in [0.25, 0.3) is 0 Å². The van der Waals surface area contributed by atoms with Gasteiger partial charge in [0.15, 0.2) is 0 Å². The van der Waals surface area contributed by atoms with Crippen LogP contribution in [0.2, 0.25) is 0 Å². The summed E-state index contributed by atoms with van der Waals surface area (Å²) in [6.07, 6.45) is 5.62. The maximum Gasteiger partial charge on any atom is 0.306 e. The Morgan fingerprint density at radius 2 is 1.53 bits per heavy atom. The van der Waals surface area contributed by atoms with Crippen LogP contribution in [0.15, 0.2) is 11.6 Å². The lowest BCUT2D eigenvalue weighted by Gasteiger charge is -2.39. The summed E-state index contributed by atoms with van der Waals surface area (Å²) in [7, 11) is 1.74. The van der Waals surface area contributed by atoms with E-state index in [4.69, 9.17) is 0 Å². The number of piperidine rings is 2. The molecule has 2 aliphatic rings. The Morgan fingerprint density at radius 3 is 2.03 bits per heavy atom. The van der Waals surface area contributed by atoms with Gasteiger partial charge in [-0.3, -0.25) is 24.1 Å². The van der Waals surface area contributed by atoms with E-state index in [1.54, 1.807) is 23.8 Å². The third-order valence-electron chi connectivity index (χ3n) is 8.11. The molecule has 3 atom stereocenters. The van der Waals surface area contributed by atoms with Crippen LogP contribution in [0.5, 0.6) is 0 Å². The van der Waals surface area contributed by atoms with Gasteiger partial charge in [0.2, 0.25) is 17.7 Å². The summed E-state index contributed by atoms with van der Waals surface area (Å²) in [6, 6.07) is -0.964. The Morgan fingerprint density at radius 1 is 0.921 bits per heavy atom. The number of likely N-dealkylation sites (N-methyl/N-ethyl adjacent to an activating group) is 1. The molecule has 2 fully saturated rings. The van der Waals surface area contributed by atoms with Crippen molar-refractivity contribution in [3.05, 3.63) is 11.6 Å². The number of hydrogen-bond acceptors (Lipinski definition) is 5. The molecule has 9 heteroatoms. The molecule has 0 aromatic carbocycles. The number of carbonyl (C=O) groups is 4. The number of carboxylic acid groups (broad SMARTS) is 1. The highest BCUT2D eigenvalue weighted by Crippen LogP contribution is 2.23. The van der Waals surface area contributed by atoms with Gasteiger partial charge in [-0.15, -0.1) is 0 Å². The average Bonchev–Trinajstić information content (AvgIpc) is 2.88. The third-order valence-corrected chi connectivity index (χ3v) is 8.11. The van der Waals surface area contributed by atoms with Gasteiger partial charge in [-0.05, 0) is 64.8 Å². The Bertz CT molecular complexity index is 876. The standard InChI is InChI=1S/C29H50N4O5/c1-18(2)24(17-21(7)27(35)32-15-12-22(13-16-32)29(37)38)31(8)28(36)25(19(3)4)30-26(34)23-11-9-10-14-33(23)20(5)6/h17-20,22-25H,9-16H2,1-8H3,(H,30,34)(H,37,38)/b21-17+/t23-,24-,25+/m1/s1. The van der Waals surface area contributed by atoms with Gasteiger partial charge in [-0.1, -0.05) is 40.2 Å². The number of likely N-dealkylation sites (tertiary alicyclic amines) is 2. The van der Waals surface area contributed by atoms with Crippen molar-refractivity contribution in [2.45, 2.75) is 105 Å². The monoisotopic (exact) mass is 534 g/mol. The molecule has 2 heterocycles. The average molecular weight is 535 g/mol. The number of aliphatic carboxylic acids is 1. The first-order valence-corrected chi connectivity index (χ1v) is 14.3. The van der Waals surface area contributed by atoms with E-state index in [1.807, 2.05) is 33.8 Å². The number of carbonyl (C=O) groups excluding carboxylic acids is 3. The zero-order valence-electron chi connectivity index (χ0n) is 24.7. The molecule has 38 heavy (non-hydrogen) atoms. The van der Waals surface area contributed by atoms with Crippen LogP contribution in [0, 0.1) is 17.8 Å². The normalized spacial score (nSPS) is 21.5. The van der Waals surface area contributed by atoms with Crippen LogP contribution in [0.25, 0.3) is 0 Å². The number of rotatable bonds is 10. The van der Waals surface area contributed by atoms with Gasteiger partial charge in [-0.25, -0.2) is 0 Å². The fraction of sp³-hybridized carbons (Fsp3) is 0.793. The molecule has 2 saturated heterocycles. The Balaban J connectivity index is 2.15. The Kier molecular flexibility index (Phi) is 11.8. The number of hydrogen-bond donors (Lipinski definition) is 2. The van der Waals surface area contributed by atoms with Gasteiger partial charge in [0.1, 0.15) is 6.04 Å². The molecule has 0 radical (unpaired) electrons. The molecule has 0 aromatic heterocycles. The molecule has 0 unspecified atom stereocenters. The minimum absolute atomic E-state index is 0.0442. The second-order valence-corrected chi connectivity index (χ2v) is 12.0. The van der Waals surface area contributed by atoms with E-state index < -0.39 is 17.9 Å². The van der Waals surface area contributed by atoms with Crippen LogP contribution in [0.4, 0.5) is 0 Å². The van der Waals surface area contributed by atoms with Crippen molar-refractivity contribution in [3.8, 4) is 0 Å². The quantitative estimate of drug-likeness (QED) is 0.417. The smallest absolute Gasteiger partial charge is 0.306 e. The molecule has 3 amide bonds. The highest BCUT2D eigenvalue weighted by Gasteiger charge is 2.36. The van der Waals surface area contributed by atoms with Crippen LogP contribution < -0.4 is 5.32 Å². The Labute approximate surface area is 229 Å². The van der Waals surface area contributed by atoms with E-state index in [1.165, 1.54) is 0 Å². The van der Waals surface area contributed by atoms with Crippen molar-refractivity contribution >= 4 is 23.7 Å². The predicted molar refractivity (Wildman–Crippen MR) is 148 cm³/mol. The summed E-state index contributed by atoms with van der Waals surface area (Å²) in [5.41, 5.74) is 0.539. The van der Waals surface area contributed by atoms with Crippen molar-refractivity contribution in [2.24, 2.45) is 17.8 Å². The van der Waals surface area contributed by atoms with E-state index >= 15 is 0 Å². The lowest BCUT2D eigenvalue weighted by atomic mass is 9.94.